The minimum absolute atomic E-state index is 0.0277. The summed E-state index contributed by atoms with van der Waals surface area (Å²) in [6.07, 6.45) is 3.69. The number of nitrogens with zero attached hydrogens (tertiary/aromatic N) is 3. The van der Waals surface area contributed by atoms with E-state index in [0.717, 1.165) is 49.4 Å². The first-order chi connectivity index (χ1) is 9.90. The van der Waals surface area contributed by atoms with Gasteiger partial charge in [0.25, 0.3) is 0 Å². The third kappa shape index (κ3) is 4.32. The molecule has 0 aliphatic carbocycles. The molecule has 1 aliphatic heterocycles. The molecule has 4 nitrogen and oxygen atoms in total. The van der Waals surface area contributed by atoms with E-state index in [0.29, 0.717) is 0 Å². The van der Waals surface area contributed by atoms with Crippen molar-refractivity contribution < 1.29 is 0 Å². The highest BCUT2D eigenvalue weighted by molar-refractivity contribution is 5.50. The number of anilines is 2. The van der Waals surface area contributed by atoms with Gasteiger partial charge in [-0.15, -0.1) is 0 Å². The first-order valence-corrected chi connectivity index (χ1v) is 8.28. The lowest BCUT2D eigenvalue weighted by atomic mass is 9.95. The molecule has 0 aromatic carbocycles. The highest BCUT2D eigenvalue weighted by atomic mass is 15.2. The van der Waals surface area contributed by atoms with Crippen LogP contribution in [0, 0.1) is 5.92 Å². The number of rotatable bonds is 4. The normalized spacial score (nSPS) is 19.7. The molecular weight excluding hydrogens is 260 g/mol. The van der Waals surface area contributed by atoms with Crippen LogP contribution in [0.1, 0.15) is 59.7 Å². The third-order valence-corrected chi connectivity index (χ3v) is 3.92. The summed E-state index contributed by atoms with van der Waals surface area (Å²) >= 11 is 0. The van der Waals surface area contributed by atoms with Crippen LogP contribution >= 0.6 is 0 Å². The summed E-state index contributed by atoms with van der Waals surface area (Å²) in [5.41, 5.74) is -0.0277. The molecule has 0 radical (unpaired) electrons. The van der Waals surface area contributed by atoms with Gasteiger partial charge in [0.1, 0.15) is 17.5 Å². The molecule has 21 heavy (non-hydrogen) atoms. The van der Waals surface area contributed by atoms with Crippen LogP contribution in [0.3, 0.4) is 0 Å². The fourth-order valence-corrected chi connectivity index (χ4v) is 2.67. The van der Waals surface area contributed by atoms with Crippen molar-refractivity contribution >= 4 is 11.6 Å². The smallest absolute Gasteiger partial charge is 0.138 e. The molecule has 1 aromatic rings. The second kappa shape index (κ2) is 6.63. The van der Waals surface area contributed by atoms with Gasteiger partial charge < -0.3 is 10.2 Å². The van der Waals surface area contributed by atoms with E-state index < -0.39 is 0 Å². The maximum absolute atomic E-state index is 4.85. The van der Waals surface area contributed by atoms with Crippen LogP contribution < -0.4 is 10.2 Å². The van der Waals surface area contributed by atoms with E-state index in [-0.39, 0.29) is 5.41 Å². The predicted octanol–water partition coefficient (Wildman–Crippen LogP) is 3.83. The fourth-order valence-electron chi connectivity index (χ4n) is 2.67. The number of hydrogen-bond acceptors (Lipinski definition) is 4. The Bertz CT molecular complexity index is 464. The van der Waals surface area contributed by atoms with Crippen LogP contribution in [0.25, 0.3) is 0 Å². The Kier molecular flexibility index (Phi) is 5.07. The van der Waals surface area contributed by atoms with Crippen molar-refractivity contribution in [3.8, 4) is 0 Å². The number of piperidine rings is 1. The predicted molar refractivity (Wildman–Crippen MR) is 90.1 cm³/mol. The lowest BCUT2D eigenvalue weighted by Gasteiger charge is -2.33. The minimum Gasteiger partial charge on any atom is -0.370 e. The van der Waals surface area contributed by atoms with Crippen LogP contribution in [-0.2, 0) is 5.41 Å². The maximum atomic E-state index is 4.85. The zero-order valence-electron chi connectivity index (χ0n) is 14.2. The van der Waals surface area contributed by atoms with Gasteiger partial charge in [-0.2, -0.15) is 0 Å². The van der Waals surface area contributed by atoms with E-state index in [4.69, 9.17) is 9.97 Å². The van der Waals surface area contributed by atoms with Crippen molar-refractivity contribution in [3.05, 3.63) is 11.9 Å². The summed E-state index contributed by atoms with van der Waals surface area (Å²) in [6, 6.07) is 2.11. The molecular formula is C17H30N4. The largest absolute Gasteiger partial charge is 0.370 e. The molecule has 1 atom stereocenters. The summed E-state index contributed by atoms with van der Waals surface area (Å²) in [5.74, 6) is 3.72. The van der Waals surface area contributed by atoms with Crippen LogP contribution in [0.2, 0.25) is 0 Å². The first kappa shape index (κ1) is 16.1. The molecule has 1 N–H and O–H groups in total. The van der Waals surface area contributed by atoms with Crippen LogP contribution in [0.5, 0.6) is 0 Å². The van der Waals surface area contributed by atoms with Gasteiger partial charge in [0.2, 0.25) is 0 Å². The van der Waals surface area contributed by atoms with Gasteiger partial charge in [-0.25, -0.2) is 9.97 Å². The molecule has 0 spiro atoms. The highest BCUT2D eigenvalue weighted by Crippen LogP contribution is 2.27. The number of hydrogen-bond donors (Lipinski definition) is 1. The van der Waals surface area contributed by atoms with Crippen LogP contribution in [0.4, 0.5) is 11.6 Å². The van der Waals surface area contributed by atoms with Crippen molar-refractivity contribution in [2.24, 2.45) is 5.92 Å². The Morgan fingerprint density at radius 3 is 2.71 bits per heavy atom. The van der Waals surface area contributed by atoms with Crippen molar-refractivity contribution in [2.75, 3.05) is 29.9 Å². The van der Waals surface area contributed by atoms with Gasteiger partial charge in [0.05, 0.1) is 0 Å². The topological polar surface area (TPSA) is 41.0 Å². The Morgan fingerprint density at radius 2 is 2.10 bits per heavy atom. The fraction of sp³-hybridized carbons (Fsp3) is 0.765. The van der Waals surface area contributed by atoms with Crippen LogP contribution in [-0.4, -0.2) is 29.6 Å². The molecule has 1 aliphatic rings. The second-order valence-electron chi connectivity index (χ2n) is 7.31. The Morgan fingerprint density at radius 1 is 1.33 bits per heavy atom. The van der Waals surface area contributed by atoms with Crippen molar-refractivity contribution in [1.82, 2.24) is 9.97 Å². The van der Waals surface area contributed by atoms with E-state index in [1.54, 1.807) is 0 Å². The minimum atomic E-state index is -0.0277. The number of nitrogens with one attached hydrogen (secondary N) is 1. The van der Waals surface area contributed by atoms with E-state index in [9.17, 15) is 0 Å². The van der Waals surface area contributed by atoms with E-state index >= 15 is 0 Å². The van der Waals surface area contributed by atoms with Crippen molar-refractivity contribution in [2.45, 2.75) is 59.3 Å². The third-order valence-electron chi connectivity index (χ3n) is 3.92. The summed E-state index contributed by atoms with van der Waals surface area (Å²) in [5, 5.41) is 3.42. The van der Waals surface area contributed by atoms with Crippen molar-refractivity contribution in [1.29, 1.82) is 0 Å². The Balaban J connectivity index is 2.30. The van der Waals surface area contributed by atoms with Gasteiger partial charge >= 0.3 is 0 Å². The molecule has 0 bridgehead atoms. The molecule has 0 amide bonds. The molecule has 4 heteroatoms. The average molecular weight is 290 g/mol. The second-order valence-corrected chi connectivity index (χ2v) is 7.31. The lowest BCUT2D eigenvalue weighted by molar-refractivity contribution is 0.442. The molecule has 2 rings (SSSR count). The van der Waals surface area contributed by atoms with E-state index in [2.05, 4.69) is 50.9 Å². The lowest BCUT2D eigenvalue weighted by Crippen LogP contribution is -2.35. The SMILES string of the molecule is CCCNc1cc(N2CCCC(C)C2)nc(C(C)(C)C)n1. The van der Waals surface area contributed by atoms with Gasteiger partial charge in [0, 0.05) is 31.1 Å². The van der Waals surface area contributed by atoms with Gasteiger partial charge in [-0.3, -0.25) is 0 Å². The Hall–Kier alpha value is -1.32. The zero-order valence-corrected chi connectivity index (χ0v) is 14.2. The summed E-state index contributed by atoms with van der Waals surface area (Å²) in [7, 11) is 0. The maximum Gasteiger partial charge on any atom is 0.138 e. The monoisotopic (exact) mass is 290 g/mol. The molecule has 1 fully saturated rings. The van der Waals surface area contributed by atoms with Gasteiger partial charge in [-0.1, -0.05) is 34.6 Å². The number of aromatic nitrogens is 2. The molecule has 2 heterocycles. The van der Waals surface area contributed by atoms with Gasteiger partial charge in [0.15, 0.2) is 0 Å². The molecule has 118 valence electrons. The zero-order chi connectivity index (χ0) is 15.5. The molecule has 1 saturated heterocycles. The summed E-state index contributed by atoms with van der Waals surface area (Å²) in [4.78, 5) is 12.0. The molecule has 1 aromatic heterocycles. The van der Waals surface area contributed by atoms with Gasteiger partial charge in [-0.05, 0) is 25.2 Å². The van der Waals surface area contributed by atoms with E-state index in [1.165, 1.54) is 12.8 Å². The van der Waals surface area contributed by atoms with Crippen molar-refractivity contribution in [3.63, 3.8) is 0 Å². The first-order valence-electron chi connectivity index (χ1n) is 8.28. The molecule has 1 unspecified atom stereocenters. The highest BCUT2D eigenvalue weighted by Gasteiger charge is 2.23. The summed E-state index contributed by atoms with van der Waals surface area (Å²) < 4.78 is 0. The standard InChI is InChI=1S/C17H30N4/c1-6-9-18-14-11-15(20-16(19-14)17(3,4)5)21-10-7-8-13(2)12-21/h11,13H,6-10,12H2,1-5H3,(H,18,19,20). The quantitative estimate of drug-likeness (QED) is 0.915. The van der Waals surface area contributed by atoms with E-state index in [1.807, 2.05) is 0 Å². The van der Waals surface area contributed by atoms with Crippen LogP contribution in [0.15, 0.2) is 6.07 Å². The summed E-state index contributed by atoms with van der Waals surface area (Å²) in [6.45, 7) is 14.2. The average Bonchev–Trinajstić information content (AvgIpc) is 2.44. The Labute approximate surface area is 129 Å². The molecule has 0 saturated carbocycles.